The maximum Gasteiger partial charge on any atom is 0.270 e. The summed E-state index contributed by atoms with van der Waals surface area (Å²) in [6, 6.07) is 4.76. The minimum atomic E-state index is -0.400. The number of benzene rings is 1. The fraction of sp³-hybridized carbons (Fsp3) is 0. The van der Waals surface area contributed by atoms with Gasteiger partial charge in [-0.1, -0.05) is 0 Å². The molecule has 0 bridgehead atoms. The molecule has 14 heavy (non-hydrogen) atoms. The number of nitro benzene ring substituents is 1. The molecule has 2 rings (SSSR count). The van der Waals surface area contributed by atoms with Gasteiger partial charge in [0.2, 0.25) is 0 Å². The zero-order chi connectivity index (χ0) is 10.1. The van der Waals surface area contributed by atoms with E-state index in [1.54, 1.807) is 12.3 Å². The fourth-order valence-corrected chi connectivity index (χ4v) is 2.75. The van der Waals surface area contributed by atoms with Gasteiger partial charge in [0.05, 0.1) is 23.0 Å². The van der Waals surface area contributed by atoms with Gasteiger partial charge in [-0.15, -0.1) is 0 Å². The van der Waals surface area contributed by atoms with Crippen LogP contribution in [0.5, 0.6) is 0 Å². The summed E-state index contributed by atoms with van der Waals surface area (Å²) in [5.41, 5.74) is 1.04. The van der Waals surface area contributed by atoms with E-state index in [2.05, 4.69) is 27.1 Å². The third-order valence-electron chi connectivity index (χ3n) is 1.84. The molecule has 72 valence electrons. The van der Waals surface area contributed by atoms with Crippen molar-refractivity contribution in [2.24, 2.45) is 0 Å². The lowest BCUT2D eigenvalue weighted by Crippen LogP contribution is -1.87. The van der Waals surface area contributed by atoms with Gasteiger partial charge in [-0.3, -0.25) is 10.1 Å². The highest BCUT2D eigenvalue weighted by Crippen LogP contribution is 2.29. The molecule has 1 unspecified atom stereocenters. The second kappa shape index (κ2) is 3.78. The Morgan fingerprint density at radius 2 is 2.36 bits per heavy atom. The van der Waals surface area contributed by atoms with Crippen LogP contribution in [-0.4, -0.2) is 14.5 Å². The number of rotatable bonds is 2. The molecule has 0 spiro atoms. The first kappa shape index (κ1) is 9.79. The number of nitrogens with zero attached hydrogens (tertiary/aromatic N) is 3. The van der Waals surface area contributed by atoms with Crippen LogP contribution < -0.4 is 0 Å². The third-order valence-corrected chi connectivity index (χ3v) is 3.73. The highest BCUT2D eigenvalue weighted by atomic mass is 127. The Morgan fingerprint density at radius 3 is 3.00 bits per heavy atom. The van der Waals surface area contributed by atoms with Crippen molar-refractivity contribution in [1.82, 2.24) is 9.55 Å². The molecule has 0 saturated heterocycles. The van der Waals surface area contributed by atoms with Gasteiger partial charge < -0.3 is 0 Å². The summed E-state index contributed by atoms with van der Waals surface area (Å²) in [6.45, 7) is 0. The first-order chi connectivity index (χ1) is 6.72. The lowest BCUT2D eigenvalue weighted by Gasteiger charge is -1.95. The van der Waals surface area contributed by atoms with Crippen LogP contribution in [0.1, 0.15) is 0 Å². The average molecular weight is 321 g/mol. The predicted molar refractivity (Wildman–Crippen MR) is 64.1 cm³/mol. The Balaban J connectivity index is 2.63. The summed E-state index contributed by atoms with van der Waals surface area (Å²) >= 11 is 2.21. The molecule has 1 atom stereocenters. The second-order valence-electron chi connectivity index (χ2n) is 2.64. The van der Waals surface area contributed by atoms with Crippen molar-refractivity contribution in [3.8, 4) is 0 Å². The quantitative estimate of drug-likeness (QED) is 0.370. The molecule has 0 aliphatic rings. The average Bonchev–Trinajstić information content (AvgIpc) is 2.59. The first-order valence-corrected chi connectivity index (χ1v) is 7.77. The molecule has 0 saturated carbocycles. The molecule has 2 aromatic rings. The molecule has 0 N–H and O–H groups in total. The molecular weight excluding hydrogens is 316 g/mol. The molecule has 0 amide bonds. The molecule has 1 aromatic carbocycles. The van der Waals surface area contributed by atoms with Crippen molar-refractivity contribution < 1.29 is 4.92 Å². The monoisotopic (exact) mass is 321 g/mol. The summed E-state index contributed by atoms with van der Waals surface area (Å²) < 4.78 is 1.82. The van der Waals surface area contributed by atoms with Gasteiger partial charge in [0, 0.05) is 17.5 Å². The zero-order valence-electron chi connectivity index (χ0n) is 6.85. The van der Waals surface area contributed by atoms with Gasteiger partial charge >= 0.3 is 0 Å². The Labute approximate surface area is 94.0 Å². The maximum atomic E-state index is 10.5. The van der Waals surface area contributed by atoms with Gasteiger partial charge in [0.15, 0.2) is 0 Å². The lowest BCUT2D eigenvalue weighted by molar-refractivity contribution is -0.384. The van der Waals surface area contributed by atoms with E-state index in [0.29, 0.717) is 6.37 Å². The second-order valence-corrected chi connectivity index (χ2v) is 4.68. The summed E-state index contributed by atoms with van der Waals surface area (Å²) in [5.74, 6) is 0. The van der Waals surface area contributed by atoms with Crippen molar-refractivity contribution in [3.63, 3.8) is 0 Å². The third kappa shape index (κ3) is 1.59. The zero-order valence-corrected chi connectivity index (χ0v) is 10.0. The SMILES string of the molecule is O=[N+]([O-])c1ccc2c(cnn2PI)c1. The van der Waals surface area contributed by atoms with Crippen molar-refractivity contribution >= 4 is 45.0 Å². The molecule has 0 fully saturated rings. The Hall–Kier alpha value is -0.750. The minimum Gasteiger partial charge on any atom is -0.258 e. The molecule has 1 aromatic heterocycles. The molecule has 7 heteroatoms. The standard InChI is InChI=1S/C7H5IN3O2P/c8-14-10-7-2-1-6(11(12)13)3-5(7)4-9-10/h1-4,14H. The summed E-state index contributed by atoms with van der Waals surface area (Å²) in [4.78, 5) is 10.1. The topological polar surface area (TPSA) is 61.0 Å². The number of nitro groups is 1. The van der Waals surface area contributed by atoms with Crippen molar-refractivity contribution in [3.05, 3.63) is 34.5 Å². The number of non-ortho nitro benzene ring substituents is 1. The lowest BCUT2D eigenvalue weighted by atomic mass is 10.2. The van der Waals surface area contributed by atoms with Gasteiger partial charge in [0.1, 0.15) is 0 Å². The summed E-state index contributed by atoms with van der Waals surface area (Å²) in [7, 11) is 0. The minimum absolute atomic E-state index is 0.105. The molecule has 5 nitrogen and oxygen atoms in total. The molecule has 1 heterocycles. The van der Waals surface area contributed by atoms with Crippen LogP contribution in [-0.2, 0) is 0 Å². The van der Waals surface area contributed by atoms with Crippen molar-refractivity contribution in [2.75, 3.05) is 0 Å². The highest BCUT2D eigenvalue weighted by molar-refractivity contribution is 14.2. The Kier molecular flexibility index (Phi) is 2.64. The first-order valence-electron chi connectivity index (χ1n) is 3.71. The smallest absolute Gasteiger partial charge is 0.258 e. The Morgan fingerprint density at radius 1 is 1.57 bits per heavy atom. The predicted octanol–water partition coefficient (Wildman–Crippen LogP) is 2.74. The summed E-state index contributed by atoms with van der Waals surface area (Å²) in [5, 5.41) is 15.4. The van der Waals surface area contributed by atoms with Crippen LogP contribution in [0.3, 0.4) is 0 Å². The van der Waals surface area contributed by atoms with Crippen LogP contribution in [0.2, 0.25) is 0 Å². The molecular formula is C7H5IN3O2P. The van der Waals surface area contributed by atoms with Gasteiger partial charge in [-0.2, -0.15) is 5.10 Å². The van der Waals surface area contributed by atoms with E-state index in [4.69, 9.17) is 0 Å². The Bertz CT molecular complexity index is 499. The van der Waals surface area contributed by atoms with Crippen LogP contribution in [0.25, 0.3) is 10.9 Å². The number of hydrogen-bond donors (Lipinski definition) is 0. The van der Waals surface area contributed by atoms with E-state index in [1.807, 2.05) is 4.45 Å². The van der Waals surface area contributed by atoms with Crippen LogP contribution in [0.4, 0.5) is 5.69 Å². The van der Waals surface area contributed by atoms with E-state index in [0.717, 1.165) is 10.9 Å². The van der Waals surface area contributed by atoms with Gasteiger partial charge in [-0.25, -0.2) is 4.45 Å². The van der Waals surface area contributed by atoms with E-state index in [1.165, 1.54) is 12.1 Å². The largest absolute Gasteiger partial charge is 0.270 e. The number of aromatic nitrogens is 2. The van der Waals surface area contributed by atoms with Gasteiger partial charge in [0.25, 0.3) is 5.69 Å². The van der Waals surface area contributed by atoms with Crippen molar-refractivity contribution in [1.29, 1.82) is 0 Å². The van der Waals surface area contributed by atoms with Crippen molar-refractivity contribution in [2.45, 2.75) is 0 Å². The van der Waals surface area contributed by atoms with E-state index in [-0.39, 0.29) is 5.69 Å². The number of halogens is 1. The maximum absolute atomic E-state index is 10.5. The fourth-order valence-electron chi connectivity index (χ4n) is 1.20. The molecule has 0 aliphatic heterocycles. The van der Waals surface area contributed by atoms with Crippen LogP contribution in [0.15, 0.2) is 24.4 Å². The van der Waals surface area contributed by atoms with Crippen LogP contribution in [0, 0.1) is 10.1 Å². The highest BCUT2D eigenvalue weighted by Gasteiger charge is 2.08. The summed E-state index contributed by atoms with van der Waals surface area (Å²) in [6.07, 6.45) is 2.15. The van der Waals surface area contributed by atoms with E-state index in [9.17, 15) is 10.1 Å². The normalized spacial score (nSPS) is 11.5. The number of hydrogen-bond acceptors (Lipinski definition) is 3. The van der Waals surface area contributed by atoms with E-state index >= 15 is 0 Å². The van der Waals surface area contributed by atoms with Crippen LogP contribution >= 0.6 is 28.4 Å². The van der Waals surface area contributed by atoms with Gasteiger partial charge in [-0.05, 0) is 28.1 Å². The van der Waals surface area contributed by atoms with E-state index < -0.39 is 4.92 Å². The number of fused-ring (bicyclic) bond motifs is 1. The molecule has 0 radical (unpaired) electrons. The molecule has 0 aliphatic carbocycles.